The summed E-state index contributed by atoms with van der Waals surface area (Å²) in [7, 11) is 0. The Bertz CT molecular complexity index is 393. The van der Waals surface area contributed by atoms with Crippen LogP contribution in [0.2, 0.25) is 0 Å². The van der Waals surface area contributed by atoms with Crippen LogP contribution in [0.4, 0.5) is 0 Å². The molecule has 1 rings (SSSR count). The van der Waals surface area contributed by atoms with E-state index in [0.29, 0.717) is 6.54 Å². The summed E-state index contributed by atoms with van der Waals surface area (Å²) in [6, 6.07) is 3.62. The first-order chi connectivity index (χ1) is 8.28. The first kappa shape index (κ1) is 14.6. The highest BCUT2D eigenvalue weighted by Crippen LogP contribution is 2.08. The van der Waals surface area contributed by atoms with Crippen LogP contribution < -0.4 is 5.32 Å². The summed E-state index contributed by atoms with van der Waals surface area (Å²) in [6.07, 6.45) is 1.81. The number of ether oxygens (including phenoxy) is 1. The van der Waals surface area contributed by atoms with Crippen molar-refractivity contribution in [2.45, 2.75) is 52.8 Å². The summed E-state index contributed by atoms with van der Waals surface area (Å²) in [4.78, 5) is 15.9. The van der Waals surface area contributed by atoms with E-state index in [1.54, 1.807) is 6.92 Å². The fraction of sp³-hybridized carbons (Fsp3) is 0.571. The van der Waals surface area contributed by atoms with Gasteiger partial charge in [-0.05, 0) is 46.2 Å². The van der Waals surface area contributed by atoms with E-state index in [1.165, 1.54) is 0 Å². The number of carbonyl (C=O) groups excluding carboxylic acids is 1. The zero-order valence-corrected chi connectivity index (χ0v) is 11.8. The molecule has 100 valence electrons. The topological polar surface area (TPSA) is 51.2 Å². The maximum absolute atomic E-state index is 11.7. The van der Waals surface area contributed by atoms with E-state index < -0.39 is 5.60 Å². The zero-order chi connectivity index (χ0) is 13.8. The maximum Gasteiger partial charge on any atom is 0.323 e. The van der Waals surface area contributed by atoms with Crippen LogP contribution in [-0.2, 0) is 16.1 Å². The number of rotatable bonds is 4. The number of nitrogens with zero attached hydrogens (tertiary/aromatic N) is 1. The normalized spacial score (nSPS) is 13.2. The van der Waals surface area contributed by atoms with Crippen molar-refractivity contribution in [1.29, 1.82) is 0 Å². The summed E-state index contributed by atoms with van der Waals surface area (Å²) < 4.78 is 5.29. The van der Waals surface area contributed by atoms with Crippen LogP contribution in [-0.4, -0.2) is 22.6 Å². The van der Waals surface area contributed by atoms with Crippen molar-refractivity contribution in [1.82, 2.24) is 10.3 Å². The maximum atomic E-state index is 11.7. The SMILES string of the molecule is Cc1ccc(CNC(C)C(=O)OC(C)(C)C)cn1. The fourth-order valence-corrected chi connectivity index (χ4v) is 1.35. The Morgan fingerprint density at radius 1 is 1.44 bits per heavy atom. The molecule has 1 aromatic rings. The summed E-state index contributed by atoms with van der Waals surface area (Å²) in [5.74, 6) is -0.234. The van der Waals surface area contributed by atoms with Crippen molar-refractivity contribution in [3.8, 4) is 0 Å². The highest BCUT2D eigenvalue weighted by Gasteiger charge is 2.21. The number of pyridine rings is 1. The van der Waals surface area contributed by atoms with Crippen molar-refractivity contribution < 1.29 is 9.53 Å². The summed E-state index contributed by atoms with van der Waals surface area (Å²) in [5, 5.41) is 3.13. The van der Waals surface area contributed by atoms with E-state index in [0.717, 1.165) is 11.3 Å². The van der Waals surface area contributed by atoms with Gasteiger partial charge in [-0.2, -0.15) is 0 Å². The Morgan fingerprint density at radius 3 is 2.61 bits per heavy atom. The van der Waals surface area contributed by atoms with Gasteiger partial charge in [0.2, 0.25) is 0 Å². The van der Waals surface area contributed by atoms with Gasteiger partial charge < -0.3 is 10.1 Å². The van der Waals surface area contributed by atoms with Gasteiger partial charge in [-0.15, -0.1) is 0 Å². The molecule has 0 spiro atoms. The molecular formula is C14H22N2O2. The van der Waals surface area contributed by atoms with E-state index >= 15 is 0 Å². The summed E-state index contributed by atoms with van der Waals surface area (Å²) in [6.45, 7) is 9.94. The number of nitrogens with one attached hydrogen (secondary N) is 1. The molecule has 1 N–H and O–H groups in total. The molecule has 0 aromatic carbocycles. The molecule has 0 aliphatic rings. The Morgan fingerprint density at radius 2 is 2.11 bits per heavy atom. The molecule has 0 fully saturated rings. The standard InChI is InChI=1S/C14H22N2O2/c1-10-6-7-12(8-15-10)9-16-11(2)13(17)18-14(3,4)5/h6-8,11,16H,9H2,1-5H3. The number of hydrogen-bond acceptors (Lipinski definition) is 4. The monoisotopic (exact) mass is 250 g/mol. The van der Waals surface area contributed by atoms with Crippen molar-refractivity contribution in [3.05, 3.63) is 29.6 Å². The molecule has 0 aliphatic carbocycles. The number of carbonyl (C=O) groups is 1. The number of esters is 1. The second-order valence-electron chi connectivity index (χ2n) is 5.44. The average molecular weight is 250 g/mol. The van der Waals surface area contributed by atoms with Crippen LogP contribution in [0.5, 0.6) is 0 Å². The lowest BCUT2D eigenvalue weighted by atomic mass is 10.2. The number of aryl methyl sites for hydroxylation is 1. The van der Waals surface area contributed by atoms with Crippen LogP contribution in [0.15, 0.2) is 18.3 Å². The first-order valence-electron chi connectivity index (χ1n) is 6.16. The lowest BCUT2D eigenvalue weighted by molar-refractivity contribution is -0.157. The minimum Gasteiger partial charge on any atom is -0.459 e. The third kappa shape index (κ3) is 5.27. The van der Waals surface area contributed by atoms with Crippen molar-refractivity contribution in [2.24, 2.45) is 0 Å². The molecule has 0 saturated heterocycles. The van der Waals surface area contributed by atoms with Crippen LogP contribution in [0, 0.1) is 6.92 Å². The van der Waals surface area contributed by atoms with Crippen LogP contribution in [0.25, 0.3) is 0 Å². The van der Waals surface area contributed by atoms with Gasteiger partial charge >= 0.3 is 5.97 Å². The third-order valence-electron chi connectivity index (χ3n) is 2.35. The summed E-state index contributed by atoms with van der Waals surface area (Å²) in [5.41, 5.74) is 1.59. The number of hydrogen-bond donors (Lipinski definition) is 1. The predicted molar refractivity (Wildman–Crippen MR) is 71.1 cm³/mol. The average Bonchev–Trinajstić information content (AvgIpc) is 2.25. The van der Waals surface area contributed by atoms with Crippen molar-refractivity contribution in [3.63, 3.8) is 0 Å². The van der Waals surface area contributed by atoms with E-state index in [4.69, 9.17) is 4.74 Å². The summed E-state index contributed by atoms with van der Waals surface area (Å²) >= 11 is 0. The molecule has 1 atom stereocenters. The van der Waals surface area contributed by atoms with E-state index in [9.17, 15) is 4.79 Å². The van der Waals surface area contributed by atoms with Gasteiger partial charge in [-0.3, -0.25) is 9.78 Å². The van der Waals surface area contributed by atoms with Crippen molar-refractivity contribution in [2.75, 3.05) is 0 Å². The van der Waals surface area contributed by atoms with Crippen LogP contribution in [0.1, 0.15) is 39.0 Å². The first-order valence-corrected chi connectivity index (χ1v) is 6.16. The van der Waals surface area contributed by atoms with E-state index in [2.05, 4.69) is 10.3 Å². The molecule has 0 saturated carbocycles. The molecule has 0 amide bonds. The second kappa shape index (κ2) is 5.96. The minimum atomic E-state index is -0.446. The molecule has 0 aliphatic heterocycles. The Labute approximate surface area is 109 Å². The third-order valence-corrected chi connectivity index (χ3v) is 2.35. The predicted octanol–water partition coefficient (Wildman–Crippen LogP) is 2.21. The Balaban J connectivity index is 2.43. The molecule has 0 bridgehead atoms. The second-order valence-corrected chi connectivity index (χ2v) is 5.44. The van der Waals surface area contributed by atoms with E-state index in [-0.39, 0.29) is 12.0 Å². The smallest absolute Gasteiger partial charge is 0.323 e. The van der Waals surface area contributed by atoms with Gasteiger partial charge in [0.1, 0.15) is 11.6 Å². The van der Waals surface area contributed by atoms with Crippen molar-refractivity contribution >= 4 is 5.97 Å². The minimum absolute atomic E-state index is 0.234. The molecule has 4 nitrogen and oxygen atoms in total. The van der Waals surface area contributed by atoms with E-state index in [1.807, 2.05) is 46.0 Å². The Kier molecular flexibility index (Phi) is 4.84. The van der Waals surface area contributed by atoms with Gasteiger partial charge in [0.15, 0.2) is 0 Å². The molecule has 4 heteroatoms. The van der Waals surface area contributed by atoms with Crippen LogP contribution in [0.3, 0.4) is 0 Å². The van der Waals surface area contributed by atoms with Gasteiger partial charge in [0, 0.05) is 18.4 Å². The van der Waals surface area contributed by atoms with Gasteiger partial charge in [-0.25, -0.2) is 0 Å². The van der Waals surface area contributed by atoms with Gasteiger partial charge in [0.05, 0.1) is 0 Å². The number of aromatic nitrogens is 1. The lowest BCUT2D eigenvalue weighted by Gasteiger charge is -2.22. The Hall–Kier alpha value is -1.42. The highest BCUT2D eigenvalue weighted by atomic mass is 16.6. The molecule has 1 heterocycles. The largest absolute Gasteiger partial charge is 0.459 e. The highest BCUT2D eigenvalue weighted by molar-refractivity contribution is 5.75. The fourth-order valence-electron chi connectivity index (χ4n) is 1.35. The zero-order valence-electron chi connectivity index (χ0n) is 11.8. The molecule has 0 radical (unpaired) electrons. The molecule has 1 aromatic heterocycles. The molecular weight excluding hydrogens is 228 g/mol. The molecule has 1 unspecified atom stereocenters. The molecule has 18 heavy (non-hydrogen) atoms. The van der Waals surface area contributed by atoms with Gasteiger partial charge in [0.25, 0.3) is 0 Å². The quantitative estimate of drug-likeness (QED) is 0.832. The van der Waals surface area contributed by atoms with Crippen LogP contribution >= 0.6 is 0 Å². The van der Waals surface area contributed by atoms with Gasteiger partial charge in [-0.1, -0.05) is 6.07 Å². The lowest BCUT2D eigenvalue weighted by Crippen LogP contribution is -2.38.